The quantitative estimate of drug-likeness (QED) is 0.327. The lowest BCUT2D eigenvalue weighted by Crippen LogP contribution is -2.24. The summed E-state index contributed by atoms with van der Waals surface area (Å²) in [7, 11) is 1.66. The van der Waals surface area contributed by atoms with Gasteiger partial charge in [0.1, 0.15) is 0 Å². The molecule has 0 aromatic heterocycles. The first-order valence-electron chi connectivity index (χ1n) is 12.2. The first-order valence-corrected chi connectivity index (χ1v) is 12.2. The molecule has 194 valence electrons. The summed E-state index contributed by atoms with van der Waals surface area (Å²) in [5, 5.41) is 17.1. The van der Waals surface area contributed by atoms with Gasteiger partial charge in [-0.2, -0.15) is 0 Å². The standard InChI is InChI=1S/C14H22O3.2C7H8O.C2H6/c1-4-14(15-3)17-12(2)10-16-11-13-8-6-5-7-9-13;2*8-6-7-4-2-1-3-5-7;1-2/h5-9,12,14H,4,10-11H2,1-3H3;2*1-5,8H,6H2;1-2H3. The Hall–Kier alpha value is -2.54. The van der Waals surface area contributed by atoms with Gasteiger partial charge in [0, 0.05) is 7.11 Å². The van der Waals surface area contributed by atoms with Gasteiger partial charge < -0.3 is 24.4 Å². The van der Waals surface area contributed by atoms with Crippen LogP contribution in [0.15, 0.2) is 91.0 Å². The molecular formula is C30H44O5. The van der Waals surface area contributed by atoms with E-state index >= 15 is 0 Å². The van der Waals surface area contributed by atoms with Crippen LogP contribution in [-0.4, -0.2) is 36.3 Å². The van der Waals surface area contributed by atoms with Gasteiger partial charge in [-0.25, -0.2) is 0 Å². The van der Waals surface area contributed by atoms with E-state index in [1.807, 2.05) is 107 Å². The average molecular weight is 485 g/mol. The zero-order valence-corrected chi connectivity index (χ0v) is 22.0. The second kappa shape index (κ2) is 23.2. The molecule has 0 spiro atoms. The Labute approximate surface area is 212 Å². The highest BCUT2D eigenvalue weighted by molar-refractivity contribution is 5.14. The van der Waals surface area contributed by atoms with E-state index in [4.69, 9.17) is 24.4 Å². The van der Waals surface area contributed by atoms with Gasteiger partial charge in [-0.3, -0.25) is 0 Å². The van der Waals surface area contributed by atoms with Gasteiger partial charge in [0.25, 0.3) is 0 Å². The van der Waals surface area contributed by atoms with E-state index in [9.17, 15) is 0 Å². The lowest BCUT2D eigenvalue weighted by atomic mass is 10.2. The molecular weight excluding hydrogens is 440 g/mol. The number of aliphatic hydroxyl groups is 2. The molecule has 5 heteroatoms. The molecule has 3 rings (SSSR count). The molecule has 35 heavy (non-hydrogen) atoms. The Morgan fingerprint density at radius 1 is 0.686 bits per heavy atom. The van der Waals surface area contributed by atoms with Gasteiger partial charge in [-0.15, -0.1) is 0 Å². The number of benzene rings is 3. The van der Waals surface area contributed by atoms with Gasteiger partial charge in [-0.1, -0.05) is 112 Å². The maximum absolute atomic E-state index is 8.54. The van der Waals surface area contributed by atoms with E-state index in [0.29, 0.717) is 13.2 Å². The topological polar surface area (TPSA) is 68.2 Å². The van der Waals surface area contributed by atoms with Crippen LogP contribution in [-0.2, 0) is 34.0 Å². The van der Waals surface area contributed by atoms with Crippen LogP contribution in [0.25, 0.3) is 0 Å². The summed E-state index contributed by atoms with van der Waals surface area (Å²) in [6.45, 7) is 9.51. The Kier molecular flexibility index (Phi) is 21.5. The molecule has 3 aromatic rings. The molecule has 0 heterocycles. The van der Waals surface area contributed by atoms with Crippen LogP contribution in [0.4, 0.5) is 0 Å². The van der Waals surface area contributed by atoms with Gasteiger partial charge in [0.05, 0.1) is 32.5 Å². The fraction of sp³-hybridized carbons (Fsp3) is 0.400. The zero-order chi connectivity index (χ0) is 26.2. The molecule has 2 unspecified atom stereocenters. The molecule has 5 nitrogen and oxygen atoms in total. The SMILES string of the molecule is CC.CCC(OC)OC(C)COCc1ccccc1.OCc1ccccc1.OCc1ccccc1. The van der Waals surface area contributed by atoms with Crippen LogP contribution in [0.1, 0.15) is 50.8 Å². The molecule has 0 fully saturated rings. The summed E-state index contributed by atoms with van der Waals surface area (Å²) >= 11 is 0. The van der Waals surface area contributed by atoms with Crippen LogP contribution in [0.5, 0.6) is 0 Å². The number of hydrogen-bond acceptors (Lipinski definition) is 5. The van der Waals surface area contributed by atoms with Crippen molar-refractivity contribution in [1.82, 2.24) is 0 Å². The maximum Gasteiger partial charge on any atom is 0.157 e. The highest BCUT2D eigenvalue weighted by Crippen LogP contribution is 2.06. The second-order valence-electron chi connectivity index (χ2n) is 7.31. The number of rotatable bonds is 10. The summed E-state index contributed by atoms with van der Waals surface area (Å²) < 4.78 is 16.4. The molecule has 0 saturated carbocycles. The number of aliphatic hydroxyl groups excluding tert-OH is 2. The minimum atomic E-state index is -0.134. The monoisotopic (exact) mass is 484 g/mol. The van der Waals surface area contributed by atoms with Crippen LogP contribution >= 0.6 is 0 Å². The third-order valence-electron chi connectivity index (χ3n) is 4.50. The van der Waals surface area contributed by atoms with Crippen molar-refractivity contribution in [3.05, 3.63) is 108 Å². The first-order chi connectivity index (χ1) is 17.1. The van der Waals surface area contributed by atoms with E-state index < -0.39 is 0 Å². The van der Waals surface area contributed by atoms with Gasteiger partial charge >= 0.3 is 0 Å². The molecule has 0 bridgehead atoms. The normalized spacial score (nSPS) is 11.4. The number of ether oxygens (including phenoxy) is 3. The van der Waals surface area contributed by atoms with Gasteiger partial charge in [0.2, 0.25) is 0 Å². The van der Waals surface area contributed by atoms with E-state index in [1.54, 1.807) is 7.11 Å². The van der Waals surface area contributed by atoms with Crippen molar-refractivity contribution in [2.24, 2.45) is 0 Å². The van der Waals surface area contributed by atoms with Crippen molar-refractivity contribution in [1.29, 1.82) is 0 Å². The van der Waals surface area contributed by atoms with Crippen molar-refractivity contribution >= 4 is 0 Å². The summed E-state index contributed by atoms with van der Waals surface area (Å²) in [4.78, 5) is 0. The summed E-state index contributed by atoms with van der Waals surface area (Å²) in [6, 6.07) is 29.2. The number of methoxy groups -OCH3 is 1. The highest BCUT2D eigenvalue weighted by atomic mass is 16.7. The van der Waals surface area contributed by atoms with Gasteiger partial charge in [-0.05, 0) is 30.0 Å². The van der Waals surface area contributed by atoms with Crippen molar-refractivity contribution in [2.75, 3.05) is 13.7 Å². The molecule has 0 amide bonds. The Morgan fingerprint density at radius 2 is 1.09 bits per heavy atom. The number of hydrogen-bond donors (Lipinski definition) is 2. The molecule has 0 saturated heterocycles. The molecule has 2 N–H and O–H groups in total. The molecule has 0 radical (unpaired) electrons. The Morgan fingerprint density at radius 3 is 1.40 bits per heavy atom. The fourth-order valence-electron chi connectivity index (χ4n) is 2.70. The average Bonchev–Trinajstić information content (AvgIpc) is 2.95. The lowest BCUT2D eigenvalue weighted by Gasteiger charge is -2.20. The summed E-state index contributed by atoms with van der Waals surface area (Å²) in [6.07, 6.45) is 0.758. The van der Waals surface area contributed by atoms with Gasteiger partial charge in [0.15, 0.2) is 6.29 Å². The highest BCUT2D eigenvalue weighted by Gasteiger charge is 2.10. The Bertz CT molecular complexity index is 753. The third-order valence-corrected chi connectivity index (χ3v) is 4.50. The molecule has 0 aliphatic carbocycles. The van der Waals surface area contributed by atoms with Crippen molar-refractivity contribution < 1.29 is 24.4 Å². The largest absolute Gasteiger partial charge is 0.392 e. The van der Waals surface area contributed by atoms with E-state index in [-0.39, 0.29) is 25.6 Å². The smallest absolute Gasteiger partial charge is 0.157 e. The minimum Gasteiger partial charge on any atom is -0.392 e. The summed E-state index contributed by atoms with van der Waals surface area (Å²) in [5.74, 6) is 0. The predicted octanol–water partition coefficient (Wildman–Crippen LogP) is 6.37. The maximum atomic E-state index is 8.54. The van der Waals surface area contributed by atoms with Crippen LogP contribution < -0.4 is 0 Å². The van der Waals surface area contributed by atoms with E-state index in [2.05, 4.69) is 12.1 Å². The van der Waals surface area contributed by atoms with Crippen LogP contribution in [0.3, 0.4) is 0 Å². The molecule has 2 atom stereocenters. The minimum absolute atomic E-state index is 0.0450. The van der Waals surface area contributed by atoms with Crippen LogP contribution in [0, 0.1) is 0 Å². The predicted molar refractivity (Wildman–Crippen MR) is 144 cm³/mol. The first kappa shape index (κ1) is 32.5. The van der Waals surface area contributed by atoms with Crippen LogP contribution in [0.2, 0.25) is 0 Å². The fourth-order valence-corrected chi connectivity index (χ4v) is 2.70. The molecule has 0 aliphatic heterocycles. The molecule has 3 aromatic carbocycles. The Balaban J connectivity index is 0.000000533. The summed E-state index contributed by atoms with van der Waals surface area (Å²) in [5.41, 5.74) is 3.11. The second-order valence-corrected chi connectivity index (χ2v) is 7.31. The lowest BCUT2D eigenvalue weighted by molar-refractivity contribution is -0.165. The zero-order valence-electron chi connectivity index (χ0n) is 22.0. The third kappa shape index (κ3) is 17.5. The van der Waals surface area contributed by atoms with Crippen molar-refractivity contribution in [3.8, 4) is 0 Å². The van der Waals surface area contributed by atoms with Crippen molar-refractivity contribution in [2.45, 2.75) is 66.3 Å². The molecule has 0 aliphatic rings. The van der Waals surface area contributed by atoms with Crippen molar-refractivity contribution in [3.63, 3.8) is 0 Å². The van der Waals surface area contributed by atoms with E-state index in [0.717, 1.165) is 17.5 Å². The van der Waals surface area contributed by atoms with E-state index in [1.165, 1.54) is 5.56 Å².